The summed E-state index contributed by atoms with van der Waals surface area (Å²) in [6.07, 6.45) is 2.39. The van der Waals surface area contributed by atoms with Gasteiger partial charge in [0.15, 0.2) is 0 Å². The van der Waals surface area contributed by atoms with Crippen LogP contribution in [0.15, 0.2) is 9.59 Å². The van der Waals surface area contributed by atoms with Gasteiger partial charge in [-0.2, -0.15) is 0 Å². The number of hydrogen-bond acceptors (Lipinski definition) is 2. The lowest BCUT2D eigenvalue weighted by Gasteiger charge is -2.44. The summed E-state index contributed by atoms with van der Waals surface area (Å²) in [4.78, 5) is 24.5. The number of hydrogen-bond donors (Lipinski definition) is 0. The van der Waals surface area contributed by atoms with Gasteiger partial charge >= 0.3 is 11.4 Å². The van der Waals surface area contributed by atoms with Crippen molar-refractivity contribution in [1.29, 1.82) is 0 Å². The highest BCUT2D eigenvalue weighted by Crippen LogP contribution is 2.44. The van der Waals surface area contributed by atoms with E-state index in [1.165, 1.54) is 13.9 Å². The fourth-order valence-corrected chi connectivity index (χ4v) is 3.93. The van der Waals surface area contributed by atoms with Crippen LogP contribution < -0.4 is 11.4 Å². The van der Waals surface area contributed by atoms with Gasteiger partial charge in [-0.1, -0.05) is 6.92 Å². The van der Waals surface area contributed by atoms with Crippen LogP contribution in [0.3, 0.4) is 0 Å². The number of rotatable bonds is 2. The lowest BCUT2D eigenvalue weighted by atomic mass is 9.88. The van der Waals surface area contributed by atoms with Crippen LogP contribution in [0.25, 0.3) is 0 Å². The molecular weight excluding hydrogens is 277 g/mol. The van der Waals surface area contributed by atoms with Crippen molar-refractivity contribution in [3.63, 3.8) is 0 Å². The van der Waals surface area contributed by atoms with Gasteiger partial charge in [0.05, 0.1) is 22.8 Å². The van der Waals surface area contributed by atoms with Crippen LogP contribution in [-0.4, -0.2) is 24.7 Å². The zero-order valence-electron chi connectivity index (χ0n) is 10.1. The van der Waals surface area contributed by atoms with E-state index < -0.39 is 0 Å². The van der Waals surface area contributed by atoms with Crippen molar-refractivity contribution in [2.45, 2.75) is 55.6 Å². The average Bonchev–Trinajstić information content (AvgIpc) is 2.62. The second kappa shape index (κ2) is 4.17. The summed E-state index contributed by atoms with van der Waals surface area (Å²) < 4.78 is 4.36. The molecule has 1 saturated carbocycles. The Labute approximate surface area is 114 Å². The number of fused-ring (bicyclic) bond motifs is 2. The summed E-state index contributed by atoms with van der Waals surface area (Å²) in [6, 6.07) is -0.310. The maximum atomic E-state index is 12.3. The van der Waals surface area contributed by atoms with Crippen LogP contribution in [0.4, 0.5) is 0 Å². The second-order valence-corrected chi connectivity index (χ2v) is 6.01. The maximum Gasteiger partial charge on any atom is 0.347 e. The Morgan fingerprint density at radius 1 is 1.06 bits per heavy atom. The molecule has 3 heterocycles. The van der Waals surface area contributed by atoms with Gasteiger partial charge in [-0.15, -0.1) is 23.2 Å². The predicted octanol–water partition coefficient (Wildman–Crippen LogP) is 1.33. The van der Waals surface area contributed by atoms with Crippen molar-refractivity contribution in [2.24, 2.45) is 0 Å². The fraction of sp³-hybridized carbons (Fsp3) is 0.818. The molecule has 0 unspecified atom stereocenters. The van der Waals surface area contributed by atoms with Gasteiger partial charge in [-0.05, 0) is 19.3 Å². The molecule has 0 saturated heterocycles. The summed E-state index contributed by atoms with van der Waals surface area (Å²) in [7, 11) is 0. The van der Waals surface area contributed by atoms with E-state index in [9.17, 15) is 9.59 Å². The van der Waals surface area contributed by atoms with Crippen LogP contribution in [-0.2, 0) is 6.54 Å². The first kappa shape index (κ1) is 12.4. The molecule has 1 aliphatic carbocycles. The van der Waals surface area contributed by atoms with Crippen molar-refractivity contribution in [3.8, 4) is 0 Å². The molecule has 4 atom stereocenters. The highest BCUT2D eigenvalue weighted by molar-refractivity contribution is 6.30. The topological polar surface area (TPSA) is 48.9 Å². The van der Waals surface area contributed by atoms with E-state index in [0.717, 1.165) is 19.3 Å². The molecule has 100 valence electrons. The molecule has 0 amide bonds. The molecule has 4 rings (SSSR count). The van der Waals surface area contributed by atoms with E-state index in [1.807, 2.05) is 6.92 Å². The third kappa shape index (κ3) is 1.40. The lowest BCUT2D eigenvalue weighted by Crippen LogP contribution is -2.52. The number of alkyl halides is 2. The zero-order chi connectivity index (χ0) is 13.0. The monoisotopic (exact) mass is 291 g/mol. The summed E-state index contributed by atoms with van der Waals surface area (Å²) in [6.45, 7) is 2.39. The molecule has 2 bridgehead atoms. The molecule has 0 N–H and O–H groups in total. The molecule has 1 aromatic heterocycles. The molecule has 18 heavy (non-hydrogen) atoms. The molecular formula is C11H15Cl2N3O2. The smallest absolute Gasteiger partial charge is 0.246 e. The molecule has 2 aliphatic heterocycles. The Bertz CT molecular complexity index is 541. The second-order valence-electron chi connectivity index (χ2n) is 5.01. The fourth-order valence-electron chi connectivity index (χ4n) is 3.13. The average molecular weight is 292 g/mol. The van der Waals surface area contributed by atoms with Gasteiger partial charge in [-0.3, -0.25) is 0 Å². The molecule has 1 fully saturated rings. The number of aromatic nitrogens is 3. The van der Waals surface area contributed by atoms with Crippen LogP contribution >= 0.6 is 23.2 Å². The van der Waals surface area contributed by atoms with E-state index in [4.69, 9.17) is 23.2 Å². The minimum absolute atomic E-state index is 0.155. The van der Waals surface area contributed by atoms with Crippen LogP contribution in [0.5, 0.6) is 0 Å². The van der Waals surface area contributed by atoms with Gasteiger partial charge in [-0.25, -0.2) is 23.5 Å². The van der Waals surface area contributed by atoms with Gasteiger partial charge < -0.3 is 0 Å². The SMILES string of the molecule is CCCn1c(=O)n2n(c1=O)[C@H]1CC[C@@H]2[C@H](Cl)[C@H]1Cl. The third-order valence-electron chi connectivity index (χ3n) is 3.96. The normalized spacial score (nSPS) is 33.7. The highest BCUT2D eigenvalue weighted by Gasteiger charge is 2.48. The largest absolute Gasteiger partial charge is 0.347 e. The summed E-state index contributed by atoms with van der Waals surface area (Å²) >= 11 is 12.6. The van der Waals surface area contributed by atoms with E-state index in [-0.39, 0.29) is 34.2 Å². The Balaban J connectivity index is 2.25. The summed E-state index contributed by atoms with van der Waals surface area (Å²) in [5.74, 6) is 0. The van der Waals surface area contributed by atoms with Crippen LogP contribution in [0, 0.1) is 0 Å². The first-order chi connectivity index (χ1) is 8.57. The Hall–Kier alpha value is -0.680. The number of halogens is 2. The van der Waals surface area contributed by atoms with E-state index >= 15 is 0 Å². The maximum absolute atomic E-state index is 12.3. The Morgan fingerprint density at radius 3 is 1.89 bits per heavy atom. The summed E-state index contributed by atoms with van der Waals surface area (Å²) in [5.41, 5.74) is -0.489. The Morgan fingerprint density at radius 2 is 1.50 bits per heavy atom. The van der Waals surface area contributed by atoms with Gasteiger partial charge in [0.2, 0.25) is 0 Å². The molecule has 3 aliphatic rings. The Kier molecular flexibility index (Phi) is 2.86. The van der Waals surface area contributed by atoms with E-state index in [1.54, 1.807) is 0 Å². The predicted molar refractivity (Wildman–Crippen MR) is 69.8 cm³/mol. The van der Waals surface area contributed by atoms with Gasteiger partial charge in [0, 0.05) is 6.54 Å². The van der Waals surface area contributed by atoms with Crippen molar-refractivity contribution >= 4 is 23.2 Å². The van der Waals surface area contributed by atoms with E-state index in [2.05, 4.69) is 0 Å². The standard InChI is InChI=1S/C11H15Cl2N3O2/c1-2-5-14-10(17)15-6-3-4-7(9(13)8(6)12)16(15)11(14)18/h6-9H,2-5H2,1H3/t6-,7+,8-,9-/m0/s1. The van der Waals surface area contributed by atoms with Crippen LogP contribution in [0.1, 0.15) is 38.3 Å². The van der Waals surface area contributed by atoms with Crippen LogP contribution in [0.2, 0.25) is 0 Å². The van der Waals surface area contributed by atoms with Crippen molar-refractivity contribution in [2.75, 3.05) is 0 Å². The quantitative estimate of drug-likeness (QED) is 0.772. The number of nitrogens with zero attached hydrogens (tertiary/aromatic N) is 3. The van der Waals surface area contributed by atoms with Gasteiger partial charge in [0.1, 0.15) is 0 Å². The minimum Gasteiger partial charge on any atom is -0.246 e. The minimum atomic E-state index is -0.278. The molecule has 1 aromatic rings. The summed E-state index contributed by atoms with van der Waals surface area (Å²) in [5, 5.41) is -0.556. The van der Waals surface area contributed by atoms with Crippen molar-refractivity contribution in [3.05, 3.63) is 21.0 Å². The first-order valence-corrected chi connectivity index (χ1v) is 7.17. The molecule has 0 radical (unpaired) electrons. The van der Waals surface area contributed by atoms with E-state index in [0.29, 0.717) is 6.54 Å². The third-order valence-corrected chi connectivity index (χ3v) is 5.21. The molecule has 0 spiro atoms. The zero-order valence-corrected chi connectivity index (χ0v) is 11.6. The molecule has 0 aromatic carbocycles. The lowest BCUT2D eigenvalue weighted by molar-refractivity contribution is 0.145. The first-order valence-electron chi connectivity index (χ1n) is 6.30. The highest BCUT2D eigenvalue weighted by atomic mass is 35.5. The molecule has 5 nitrogen and oxygen atoms in total. The van der Waals surface area contributed by atoms with Gasteiger partial charge in [0.25, 0.3) is 0 Å². The molecule has 7 heteroatoms. The van der Waals surface area contributed by atoms with Crippen molar-refractivity contribution < 1.29 is 0 Å². The van der Waals surface area contributed by atoms with Crippen molar-refractivity contribution in [1.82, 2.24) is 13.9 Å².